The summed E-state index contributed by atoms with van der Waals surface area (Å²) in [5.74, 6) is 0.366. The van der Waals surface area contributed by atoms with Crippen LogP contribution in [-0.4, -0.2) is 51.2 Å². The molecule has 1 saturated heterocycles. The lowest BCUT2D eigenvalue weighted by Crippen LogP contribution is -2.48. The van der Waals surface area contributed by atoms with Crippen molar-refractivity contribution in [3.05, 3.63) is 54.5 Å². The molecule has 2 aromatic heterocycles. The van der Waals surface area contributed by atoms with Gasteiger partial charge in [0.1, 0.15) is 11.8 Å². The number of likely N-dealkylation sites (tertiary alicyclic amines) is 1. The number of nitriles is 1. The van der Waals surface area contributed by atoms with E-state index in [2.05, 4.69) is 15.8 Å². The van der Waals surface area contributed by atoms with Crippen molar-refractivity contribution in [1.29, 1.82) is 5.26 Å². The normalized spacial score (nSPS) is 15.8. The Labute approximate surface area is 186 Å². The van der Waals surface area contributed by atoms with Crippen LogP contribution >= 0.6 is 11.9 Å². The van der Waals surface area contributed by atoms with Gasteiger partial charge in [0.2, 0.25) is 5.91 Å². The van der Waals surface area contributed by atoms with Crippen LogP contribution in [0.2, 0.25) is 0 Å². The third-order valence-corrected chi connectivity index (χ3v) is 6.93. The average molecular weight is 438 g/mol. The standard InChI is InChI=1S/C23H27N5O2S/c24-15-18-3-2-11-27(18)14-9-21(23(30)28-12-7-17(16-29)8-13-28)26-31-22-5-1-4-20-19(22)6-10-25-20/h1-6,10-11,17,21,25-26,29H,7-9,12-14,16H2. The largest absolute Gasteiger partial charge is 0.396 e. The van der Waals surface area contributed by atoms with Crippen molar-refractivity contribution >= 4 is 28.8 Å². The van der Waals surface area contributed by atoms with E-state index in [0.29, 0.717) is 31.7 Å². The smallest absolute Gasteiger partial charge is 0.240 e. The minimum atomic E-state index is -0.376. The Hall–Kier alpha value is -2.73. The number of hydrogen-bond donors (Lipinski definition) is 3. The first-order chi connectivity index (χ1) is 15.2. The van der Waals surface area contributed by atoms with E-state index in [1.54, 1.807) is 6.07 Å². The Morgan fingerprint density at radius 3 is 2.90 bits per heavy atom. The van der Waals surface area contributed by atoms with Gasteiger partial charge in [0.05, 0.1) is 6.04 Å². The molecule has 1 aromatic carbocycles. The van der Waals surface area contributed by atoms with Gasteiger partial charge < -0.3 is 19.6 Å². The summed E-state index contributed by atoms with van der Waals surface area (Å²) >= 11 is 1.48. The number of aryl methyl sites for hydroxylation is 1. The average Bonchev–Trinajstić information content (AvgIpc) is 3.48. The predicted octanol–water partition coefficient (Wildman–Crippen LogP) is 3.13. The highest BCUT2D eigenvalue weighted by atomic mass is 32.2. The highest BCUT2D eigenvalue weighted by Gasteiger charge is 2.28. The third-order valence-electron chi connectivity index (χ3n) is 5.95. The lowest BCUT2D eigenvalue weighted by Gasteiger charge is -2.34. The van der Waals surface area contributed by atoms with Gasteiger partial charge in [-0.25, -0.2) is 4.72 Å². The molecule has 0 bridgehead atoms. The Balaban J connectivity index is 1.47. The second-order valence-electron chi connectivity index (χ2n) is 7.91. The fourth-order valence-corrected chi connectivity index (χ4v) is 4.97. The van der Waals surface area contributed by atoms with Crippen LogP contribution in [0, 0.1) is 17.2 Å². The molecule has 1 atom stereocenters. The van der Waals surface area contributed by atoms with Crippen molar-refractivity contribution in [2.24, 2.45) is 5.92 Å². The van der Waals surface area contributed by atoms with Gasteiger partial charge in [-0.05, 0) is 67.5 Å². The summed E-state index contributed by atoms with van der Waals surface area (Å²) in [6.07, 6.45) is 6.04. The number of nitrogens with one attached hydrogen (secondary N) is 2. The van der Waals surface area contributed by atoms with Gasteiger partial charge in [0.25, 0.3) is 0 Å². The summed E-state index contributed by atoms with van der Waals surface area (Å²) in [5.41, 5.74) is 1.66. The summed E-state index contributed by atoms with van der Waals surface area (Å²) in [6, 6.07) is 13.6. The molecule has 1 amide bonds. The number of fused-ring (bicyclic) bond motifs is 1. The van der Waals surface area contributed by atoms with Crippen LogP contribution < -0.4 is 4.72 Å². The lowest BCUT2D eigenvalue weighted by atomic mass is 9.97. The Bertz CT molecular complexity index is 1060. The monoisotopic (exact) mass is 437 g/mol. The number of aromatic amines is 1. The third kappa shape index (κ3) is 4.96. The minimum Gasteiger partial charge on any atom is -0.396 e. The molecule has 8 heteroatoms. The highest BCUT2D eigenvalue weighted by Crippen LogP contribution is 2.27. The van der Waals surface area contributed by atoms with Crippen molar-refractivity contribution in [3.8, 4) is 6.07 Å². The molecule has 1 unspecified atom stereocenters. The van der Waals surface area contributed by atoms with Crippen molar-refractivity contribution in [3.63, 3.8) is 0 Å². The van der Waals surface area contributed by atoms with Gasteiger partial charge in [-0.15, -0.1) is 0 Å². The maximum Gasteiger partial charge on any atom is 0.240 e. The van der Waals surface area contributed by atoms with Gasteiger partial charge in [-0.2, -0.15) is 5.26 Å². The summed E-state index contributed by atoms with van der Waals surface area (Å²) in [5, 5.41) is 19.8. The van der Waals surface area contributed by atoms with Gasteiger partial charge >= 0.3 is 0 Å². The maximum absolute atomic E-state index is 13.3. The zero-order valence-corrected chi connectivity index (χ0v) is 18.1. The van der Waals surface area contributed by atoms with Gasteiger partial charge in [-0.1, -0.05) is 6.07 Å². The molecule has 162 valence electrons. The molecule has 3 aromatic rings. The quantitative estimate of drug-likeness (QED) is 0.471. The molecule has 0 saturated carbocycles. The van der Waals surface area contributed by atoms with Crippen LogP contribution in [0.4, 0.5) is 0 Å². The van der Waals surface area contributed by atoms with Gasteiger partial charge in [-0.3, -0.25) is 4.79 Å². The zero-order chi connectivity index (χ0) is 21.6. The number of aliphatic hydroxyl groups excluding tert-OH is 1. The van der Waals surface area contributed by atoms with Crippen molar-refractivity contribution in [2.45, 2.75) is 36.7 Å². The molecule has 1 fully saturated rings. The molecule has 1 aliphatic heterocycles. The van der Waals surface area contributed by atoms with Crippen molar-refractivity contribution < 1.29 is 9.90 Å². The second kappa shape index (κ2) is 10.1. The summed E-state index contributed by atoms with van der Waals surface area (Å²) in [6.45, 7) is 2.12. The van der Waals surface area contributed by atoms with Crippen LogP contribution in [-0.2, 0) is 11.3 Å². The van der Waals surface area contributed by atoms with E-state index < -0.39 is 0 Å². The van der Waals surface area contributed by atoms with Crippen LogP contribution in [0.3, 0.4) is 0 Å². The number of aliphatic hydroxyl groups is 1. The SMILES string of the molecule is N#Cc1cccn1CCC(NSc1cccc2[nH]ccc12)C(=O)N1CCC(CO)CC1. The first-order valence-corrected chi connectivity index (χ1v) is 11.4. The number of amides is 1. The van der Waals surface area contributed by atoms with Crippen molar-refractivity contribution in [2.75, 3.05) is 19.7 Å². The molecular weight excluding hydrogens is 410 g/mol. The number of aromatic nitrogens is 2. The number of H-pyrrole nitrogens is 1. The van der Waals surface area contributed by atoms with E-state index >= 15 is 0 Å². The number of benzene rings is 1. The molecule has 4 rings (SSSR count). The van der Waals surface area contributed by atoms with E-state index in [1.165, 1.54) is 11.9 Å². The fourth-order valence-electron chi connectivity index (χ4n) is 4.05. The van der Waals surface area contributed by atoms with E-state index in [1.807, 2.05) is 52.2 Å². The van der Waals surface area contributed by atoms with Crippen molar-refractivity contribution in [1.82, 2.24) is 19.2 Å². The Morgan fingerprint density at radius 1 is 1.29 bits per heavy atom. The van der Waals surface area contributed by atoms with E-state index in [9.17, 15) is 15.2 Å². The van der Waals surface area contributed by atoms with Crippen LogP contribution in [0.25, 0.3) is 10.9 Å². The van der Waals surface area contributed by atoms with E-state index in [0.717, 1.165) is 28.6 Å². The maximum atomic E-state index is 13.3. The van der Waals surface area contributed by atoms with E-state index in [4.69, 9.17) is 0 Å². The number of piperidine rings is 1. The number of nitrogens with zero attached hydrogens (tertiary/aromatic N) is 3. The number of carbonyl (C=O) groups is 1. The minimum absolute atomic E-state index is 0.0794. The Kier molecular flexibility index (Phi) is 6.97. The predicted molar refractivity (Wildman–Crippen MR) is 121 cm³/mol. The molecule has 0 radical (unpaired) electrons. The molecular formula is C23H27N5O2S. The molecule has 0 aliphatic carbocycles. The summed E-state index contributed by atoms with van der Waals surface area (Å²) in [7, 11) is 0. The fraction of sp³-hybridized carbons (Fsp3) is 0.391. The van der Waals surface area contributed by atoms with Crippen LogP contribution in [0.5, 0.6) is 0 Å². The highest BCUT2D eigenvalue weighted by molar-refractivity contribution is 7.97. The van der Waals surface area contributed by atoms with E-state index in [-0.39, 0.29) is 24.5 Å². The number of carbonyl (C=O) groups excluding carboxylic acids is 1. The molecule has 31 heavy (non-hydrogen) atoms. The van der Waals surface area contributed by atoms with Gasteiger partial charge in [0.15, 0.2) is 0 Å². The van der Waals surface area contributed by atoms with Crippen LogP contribution in [0.1, 0.15) is 25.0 Å². The first-order valence-electron chi connectivity index (χ1n) is 10.6. The van der Waals surface area contributed by atoms with Crippen LogP contribution in [0.15, 0.2) is 53.7 Å². The molecule has 3 N–H and O–H groups in total. The lowest BCUT2D eigenvalue weighted by molar-refractivity contribution is -0.134. The summed E-state index contributed by atoms with van der Waals surface area (Å²) in [4.78, 5) is 19.5. The molecule has 3 heterocycles. The van der Waals surface area contributed by atoms with Gasteiger partial charge in [0, 0.05) is 54.4 Å². The molecule has 0 spiro atoms. The first kappa shape index (κ1) is 21.5. The summed E-state index contributed by atoms with van der Waals surface area (Å²) < 4.78 is 5.29. The second-order valence-corrected chi connectivity index (χ2v) is 8.79. The number of hydrogen-bond acceptors (Lipinski definition) is 5. The number of rotatable bonds is 8. The topological polar surface area (TPSA) is 97.1 Å². The zero-order valence-electron chi connectivity index (χ0n) is 17.3. The molecule has 1 aliphatic rings. The molecule has 7 nitrogen and oxygen atoms in total. The Morgan fingerprint density at radius 2 is 2.13 bits per heavy atom.